The minimum atomic E-state index is -0.423. The van der Waals surface area contributed by atoms with Crippen molar-refractivity contribution in [3.63, 3.8) is 0 Å². The molecular weight excluding hydrogens is 278 g/mol. The van der Waals surface area contributed by atoms with E-state index in [1.807, 2.05) is 37.4 Å². The number of carbonyl (C=O) groups excluding carboxylic acids is 2. The fraction of sp³-hybridized carbons (Fsp3) is 0.529. The van der Waals surface area contributed by atoms with E-state index in [4.69, 9.17) is 0 Å². The Hall–Kier alpha value is -1.88. The zero-order chi connectivity index (χ0) is 16.5. The Morgan fingerprint density at radius 3 is 2.32 bits per heavy atom. The molecule has 0 aromatic heterocycles. The van der Waals surface area contributed by atoms with Gasteiger partial charge in [0, 0.05) is 17.5 Å². The third kappa shape index (κ3) is 6.26. The smallest absolute Gasteiger partial charge is 0.321 e. The zero-order valence-corrected chi connectivity index (χ0v) is 13.9. The third-order valence-corrected chi connectivity index (χ3v) is 3.70. The molecule has 1 aromatic carbocycles. The first kappa shape index (κ1) is 18.2. The second-order valence-electron chi connectivity index (χ2n) is 5.95. The van der Waals surface area contributed by atoms with Crippen molar-refractivity contribution in [3.8, 4) is 0 Å². The van der Waals surface area contributed by atoms with Crippen LogP contribution in [-0.4, -0.2) is 24.5 Å². The molecule has 0 heterocycles. The lowest BCUT2D eigenvalue weighted by molar-refractivity contribution is -0.692. The standard InChI is InChI=1S/C17H27N3O2/c1-5-13(4)19-17(22)20-15(21)11-18-16(12(2)3)14-9-7-6-8-10-14/h6-10,12-13,16,18H,5,11H2,1-4H3,(H2,19,20,21,22)/p+1/t13-,16-/m1/s1. The monoisotopic (exact) mass is 306 g/mol. The minimum absolute atomic E-state index is 0.0597. The second kappa shape index (κ2) is 9.20. The van der Waals surface area contributed by atoms with Crippen LogP contribution in [0.25, 0.3) is 0 Å². The molecule has 4 N–H and O–H groups in total. The molecule has 2 atom stereocenters. The van der Waals surface area contributed by atoms with Crippen LogP contribution >= 0.6 is 0 Å². The van der Waals surface area contributed by atoms with Gasteiger partial charge in [-0.1, -0.05) is 51.1 Å². The Balaban J connectivity index is 2.49. The first-order valence-corrected chi connectivity index (χ1v) is 7.92. The molecule has 122 valence electrons. The number of amides is 3. The van der Waals surface area contributed by atoms with Gasteiger partial charge in [0.1, 0.15) is 6.04 Å². The van der Waals surface area contributed by atoms with Crippen molar-refractivity contribution in [1.29, 1.82) is 0 Å². The molecule has 5 heteroatoms. The number of imide groups is 1. The molecule has 5 nitrogen and oxygen atoms in total. The molecule has 22 heavy (non-hydrogen) atoms. The van der Waals surface area contributed by atoms with Crippen LogP contribution in [0.1, 0.15) is 45.7 Å². The van der Waals surface area contributed by atoms with Crippen LogP contribution in [0.3, 0.4) is 0 Å². The first-order chi connectivity index (χ1) is 10.4. The van der Waals surface area contributed by atoms with E-state index in [9.17, 15) is 9.59 Å². The summed E-state index contributed by atoms with van der Waals surface area (Å²) in [4.78, 5) is 23.5. The Labute approximate surface area is 132 Å². The van der Waals surface area contributed by atoms with Crippen molar-refractivity contribution in [1.82, 2.24) is 10.6 Å². The van der Waals surface area contributed by atoms with Crippen LogP contribution < -0.4 is 16.0 Å². The molecule has 0 spiro atoms. The maximum Gasteiger partial charge on any atom is 0.321 e. The number of nitrogens with two attached hydrogens (primary N) is 1. The molecule has 0 radical (unpaired) electrons. The van der Waals surface area contributed by atoms with E-state index in [0.29, 0.717) is 5.92 Å². The summed E-state index contributed by atoms with van der Waals surface area (Å²) in [6.07, 6.45) is 0.831. The number of hydrogen-bond donors (Lipinski definition) is 3. The number of benzene rings is 1. The lowest BCUT2D eigenvalue weighted by atomic mass is 9.96. The van der Waals surface area contributed by atoms with E-state index in [1.165, 1.54) is 5.56 Å². The topological polar surface area (TPSA) is 74.8 Å². The summed E-state index contributed by atoms with van der Waals surface area (Å²) in [5.41, 5.74) is 1.19. The van der Waals surface area contributed by atoms with E-state index >= 15 is 0 Å². The molecule has 3 amide bonds. The van der Waals surface area contributed by atoms with Crippen LogP contribution in [-0.2, 0) is 4.79 Å². The van der Waals surface area contributed by atoms with Crippen molar-refractivity contribution >= 4 is 11.9 Å². The second-order valence-corrected chi connectivity index (χ2v) is 5.95. The van der Waals surface area contributed by atoms with Gasteiger partial charge in [-0.25, -0.2) is 4.79 Å². The van der Waals surface area contributed by atoms with E-state index in [2.05, 4.69) is 36.6 Å². The van der Waals surface area contributed by atoms with E-state index in [1.54, 1.807) is 0 Å². The number of carbonyl (C=O) groups is 2. The van der Waals surface area contributed by atoms with Crippen LogP contribution in [0, 0.1) is 5.92 Å². The fourth-order valence-corrected chi connectivity index (χ4v) is 2.24. The van der Waals surface area contributed by atoms with Gasteiger partial charge in [-0.3, -0.25) is 10.1 Å². The predicted molar refractivity (Wildman–Crippen MR) is 87.2 cm³/mol. The largest absolute Gasteiger partial charge is 0.335 e. The lowest BCUT2D eigenvalue weighted by Crippen LogP contribution is -2.88. The maximum absolute atomic E-state index is 11.9. The Morgan fingerprint density at radius 2 is 1.77 bits per heavy atom. The van der Waals surface area contributed by atoms with E-state index < -0.39 is 6.03 Å². The summed E-state index contributed by atoms with van der Waals surface area (Å²) in [6.45, 7) is 8.36. The highest BCUT2D eigenvalue weighted by Crippen LogP contribution is 2.16. The zero-order valence-electron chi connectivity index (χ0n) is 13.9. The van der Waals surface area contributed by atoms with Gasteiger partial charge in [0.25, 0.3) is 5.91 Å². The average Bonchev–Trinajstić information content (AvgIpc) is 2.47. The number of quaternary nitrogens is 1. The summed E-state index contributed by atoms with van der Waals surface area (Å²) >= 11 is 0. The molecule has 0 fully saturated rings. The summed E-state index contributed by atoms with van der Waals surface area (Å²) in [5.74, 6) is 0.117. The van der Waals surface area contributed by atoms with Gasteiger partial charge in [0.15, 0.2) is 6.54 Å². The summed E-state index contributed by atoms with van der Waals surface area (Å²) in [7, 11) is 0. The van der Waals surface area contributed by atoms with Crippen molar-refractivity contribution < 1.29 is 14.9 Å². The van der Waals surface area contributed by atoms with Crippen LogP contribution in [0.5, 0.6) is 0 Å². The van der Waals surface area contributed by atoms with Crippen molar-refractivity contribution in [2.24, 2.45) is 5.92 Å². The van der Waals surface area contributed by atoms with Gasteiger partial charge in [-0.2, -0.15) is 0 Å². The van der Waals surface area contributed by atoms with Gasteiger partial charge in [-0.05, 0) is 13.3 Å². The molecular formula is C17H28N3O2+. The van der Waals surface area contributed by atoms with Gasteiger partial charge in [0.05, 0.1) is 0 Å². The molecule has 0 aliphatic carbocycles. The fourth-order valence-electron chi connectivity index (χ4n) is 2.24. The van der Waals surface area contributed by atoms with Crippen LogP contribution in [0.15, 0.2) is 30.3 Å². The van der Waals surface area contributed by atoms with Crippen LogP contribution in [0.4, 0.5) is 4.79 Å². The highest BCUT2D eigenvalue weighted by atomic mass is 16.2. The van der Waals surface area contributed by atoms with E-state index in [-0.39, 0.29) is 24.5 Å². The van der Waals surface area contributed by atoms with Crippen molar-refractivity contribution in [3.05, 3.63) is 35.9 Å². The quantitative estimate of drug-likeness (QED) is 0.715. The molecule has 0 saturated heterocycles. The molecule has 0 aliphatic rings. The Morgan fingerprint density at radius 1 is 1.14 bits per heavy atom. The number of hydrogen-bond acceptors (Lipinski definition) is 2. The Bertz CT molecular complexity index is 474. The van der Waals surface area contributed by atoms with Crippen LogP contribution in [0.2, 0.25) is 0 Å². The van der Waals surface area contributed by atoms with Crippen molar-refractivity contribution in [2.75, 3.05) is 6.54 Å². The van der Waals surface area contributed by atoms with Crippen molar-refractivity contribution in [2.45, 2.75) is 46.2 Å². The SMILES string of the molecule is CC[C@@H](C)NC(=O)NC(=O)C[NH2+][C@@H](c1ccccc1)C(C)C. The predicted octanol–water partition coefficient (Wildman–Crippen LogP) is 1.57. The Kier molecular flexibility index (Phi) is 7.60. The van der Waals surface area contributed by atoms with Gasteiger partial charge in [-0.15, -0.1) is 0 Å². The highest BCUT2D eigenvalue weighted by molar-refractivity contribution is 5.94. The van der Waals surface area contributed by atoms with Gasteiger partial charge >= 0.3 is 6.03 Å². The maximum atomic E-state index is 11.9. The molecule has 0 bridgehead atoms. The van der Waals surface area contributed by atoms with E-state index in [0.717, 1.165) is 6.42 Å². The molecule has 0 aliphatic heterocycles. The lowest BCUT2D eigenvalue weighted by Gasteiger charge is -2.19. The summed E-state index contributed by atoms with van der Waals surface area (Å²) in [5, 5.41) is 7.07. The number of nitrogens with one attached hydrogen (secondary N) is 2. The van der Waals surface area contributed by atoms with Gasteiger partial charge in [0.2, 0.25) is 0 Å². The number of rotatable bonds is 7. The molecule has 1 rings (SSSR count). The summed E-state index contributed by atoms with van der Waals surface area (Å²) in [6, 6.07) is 9.94. The average molecular weight is 306 g/mol. The third-order valence-electron chi connectivity index (χ3n) is 3.70. The minimum Gasteiger partial charge on any atom is -0.335 e. The van der Waals surface area contributed by atoms with Gasteiger partial charge < -0.3 is 10.6 Å². The summed E-state index contributed by atoms with van der Waals surface area (Å²) < 4.78 is 0. The number of urea groups is 1. The molecule has 0 unspecified atom stereocenters. The molecule has 0 saturated carbocycles. The highest BCUT2D eigenvalue weighted by Gasteiger charge is 2.20. The normalized spacial score (nSPS) is 13.5. The first-order valence-electron chi connectivity index (χ1n) is 7.92. The molecule has 1 aromatic rings.